The van der Waals surface area contributed by atoms with Gasteiger partial charge in [0.25, 0.3) is 0 Å². The van der Waals surface area contributed by atoms with E-state index in [0.29, 0.717) is 5.92 Å². The van der Waals surface area contributed by atoms with E-state index in [1.165, 1.54) is 26.2 Å². The van der Waals surface area contributed by atoms with Gasteiger partial charge in [-0.05, 0) is 25.0 Å². The number of nitrogens with zero attached hydrogens (tertiary/aromatic N) is 3. The van der Waals surface area contributed by atoms with Gasteiger partial charge in [-0.3, -0.25) is 4.79 Å². The van der Waals surface area contributed by atoms with Gasteiger partial charge in [0.05, 0.1) is 5.69 Å². The Hall–Kier alpha value is -2.17. The van der Waals surface area contributed by atoms with Gasteiger partial charge >= 0.3 is 12.0 Å². The molecule has 0 saturated heterocycles. The highest BCUT2D eigenvalue weighted by molar-refractivity contribution is 5.68. The standard InChI is InChI=1S/C16H19N3O2/c1-12(20)21-16-17-15(13-8-4-2-5-9-13)18-19(16)14-10-6-3-7-11-14/h3,6-7,10-11,13H,2,4-5,8-9H2,1H3. The van der Waals surface area contributed by atoms with Crippen LogP contribution in [0.2, 0.25) is 0 Å². The molecule has 110 valence electrons. The fourth-order valence-corrected chi connectivity index (χ4v) is 2.78. The molecule has 21 heavy (non-hydrogen) atoms. The van der Waals surface area contributed by atoms with E-state index in [1.54, 1.807) is 4.68 Å². The molecule has 1 aliphatic carbocycles. The summed E-state index contributed by atoms with van der Waals surface area (Å²) in [6.45, 7) is 1.38. The molecule has 0 amide bonds. The van der Waals surface area contributed by atoms with E-state index in [-0.39, 0.29) is 12.0 Å². The van der Waals surface area contributed by atoms with Crippen LogP contribution in [0.3, 0.4) is 0 Å². The van der Waals surface area contributed by atoms with Crippen molar-refractivity contribution in [1.82, 2.24) is 14.8 Å². The maximum absolute atomic E-state index is 11.3. The van der Waals surface area contributed by atoms with Crippen LogP contribution in [0.5, 0.6) is 6.01 Å². The van der Waals surface area contributed by atoms with Crippen molar-refractivity contribution in [2.24, 2.45) is 0 Å². The molecule has 5 heteroatoms. The molecule has 3 rings (SSSR count). The van der Waals surface area contributed by atoms with Crippen molar-refractivity contribution in [3.8, 4) is 11.7 Å². The van der Waals surface area contributed by atoms with Crippen LogP contribution < -0.4 is 4.74 Å². The highest BCUT2D eigenvalue weighted by Crippen LogP contribution is 2.32. The number of carbonyl (C=O) groups excluding carboxylic acids is 1. The first kappa shape index (κ1) is 13.8. The number of hydrogen-bond donors (Lipinski definition) is 0. The van der Waals surface area contributed by atoms with Gasteiger partial charge in [-0.15, -0.1) is 5.10 Å². The fraction of sp³-hybridized carbons (Fsp3) is 0.438. The summed E-state index contributed by atoms with van der Waals surface area (Å²) in [6.07, 6.45) is 5.93. The van der Waals surface area contributed by atoms with Crippen LogP contribution in [0.4, 0.5) is 0 Å². The fourth-order valence-electron chi connectivity index (χ4n) is 2.78. The minimum Gasteiger partial charge on any atom is -0.391 e. The third-order valence-electron chi connectivity index (χ3n) is 3.80. The van der Waals surface area contributed by atoms with Crippen molar-refractivity contribution in [3.05, 3.63) is 36.2 Å². The smallest absolute Gasteiger partial charge is 0.327 e. The molecule has 0 N–H and O–H groups in total. The Morgan fingerprint density at radius 2 is 1.90 bits per heavy atom. The number of para-hydroxylation sites is 1. The van der Waals surface area contributed by atoms with E-state index in [4.69, 9.17) is 4.74 Å². The molecule has 0 spiro atoms. The molecule has 1 aromatic heterocycles. The largest absolute Gasteiger partial charge is 0.391 e. The first-order valence-electron chi connectivity index (χ1n) is 7.45. The van der Waals surface area contributed by atoms with Crippen molar-refractivity contribution < 1.29 is 9.53 Å². The van der Waals surface area contributed by atoms with Crippen LogP contribution in [0.1, 0.15) is 50.8 Å². The molecule has 1 fully saturated rings. The number of aromatic nitrogens is 3. The van der Waals surface area contributed by atoms with Gasteiger partial charge < -0.3 is 4.74 Å². The van der Waals surface area contributed by atoms with Crippen molar-refractivity contribution >= 4 is 5.97 Å². The second kappa shape index (κ2) is 6.08. The summed E-state index contributed by atoms with van der Waals surface area (Å²) in [7, 11) is 0. The molecule has 0 unspecified atom stereocenters. The number of rotatable bonds is 3. The molecule has 1 aromatic carbocycles. The normalized spacial score (nSPS) is 15.9. The lowest BCUT2D eigenvalue weighted by molar-refractivity contribution is -0.132. The van der Waals surface area contributed by atoms with E-state index < -0.39 is 0 Å². The first-order valence-corrected chi connectivity index (χ1v) is 7.45. The van der Waals surface area contributed by atoms with E-state index in [9.17, 15) is 4.79 Å². The molecule has 5 nitrogen and oxygen atoms in total. The van der Waals surface area contributed by atoms with Crippen LogP contribution >= 0.6 is 0 Å². The molecule has 0 radical (unpaired) electrons. The van der Waals surface area contributed by atoms with Gasteiger partial charge in [-0.1, -0.05) is 37.5 Å². The number of carbonyl (C=O) groups is 1. The van der Waals surface area contributed by atoms with E-state index in [2.05, 4.69) is 10.1 Å². The van der Waals surface area contributed by atoms with Gasteiger partial charge in [0, 0.05) is 12.8 Å². The molecule has 2 aromatic rings. The predicted molar refractivity (Wildman–Crippen MR) is 78.5 cm³/mol. The van der Waals surface area contributed by atoms with E-state index in [1.807, 2.05) is 30.3 Å². The predicted octanol–water partition coefficient (Wildman–Crippen LogP) is 3.24. The Bertz CT molecular complexity index is 616. The van der Waals surface area contributed by atoms with Crippen LogP contribution in [0.25, 0.3) is 5.69 Å². The molecular weight excluding hydrogens is 266 g/mol. The zero-order valence-electron chi connectivity index (χ0n) is 12.2. The monoisotopic (exact) mass is 285 g/mol. The zero-order valence-corrected chi connectivity index (χ0v) is 12.2. The number of hydrogen-bond acceptors (Lipinski definition) is 4. The maximum atomic E-state index is 11.3. The van der Waals surface area contributed by atoms with Gasteiger partial charge in [-0.2, -0.15) is 9.67 Å². The van der Waals surface area contributed by atoms with E-state index >= 15 is 0 Å². The third-order valence-corrected chi connectivity index (χ3v) is 3.80. The van der Waals surface area contributed by atoms with Gasteiger partial charge in [0.2, 0.25) is 0 Å². The van der Waals surface area contributed by atoms with Gasteiger partial charge in [0.1, 0.15) is 0 Å². The SMILES string of the molecule is CC(=O)Oc1nc(C2CCCCC2)nn1-c1ccccc1. The number of esters is 1. The molecule has 1 aliphatic rings. The Morgan fingerprint density at radius 1 is 1.19 bits per heavy atom. The lowest BCUT2D eigenvalue weighted by atomic mass is 9.89. The molecule has 0 atom stereocenters. The quantitative estimate of drug-likeness (QED) is 0.812. The summed E-state index contributed by atoms with van der Waals surface area (Å²) < 4.78 is 6.84. The van der Waals surface area contributed by atoms with Crippen molar-refractivity contribution in [3.63, 3.8) is 0 Å². The second-order valence-corrected chi connectivity index (χ2v) is 5.43. The minimum absolute atomic E-state index is 0.259. The average molecular weight is 285 g/mol. The average Bonchev–Trinajstić information content (AvgIpc) is 2.92. The molecular formula is C16H19N3O2. The zero-order chi connectivity index (χ0) is 14.7. The molecule has 1 saturated carbocycles. The number of benzene rings is 1. The maximum Gasteiger partial charge on any atom is 0.327 e. The molecule has 0 aliphatic heterocycles. The summed E-state index contributed by atoms with van der Waals surface area (Å²) in [6, 6.07) is 9.89. The third kappa shape index (κ3) is 3.12. The highest BCUT2D eigenvalue weighted by Gasteiger charge is 2.23. The number of ether oxygens (including phenoxy) is 1. The summed E-state index contributed by atoms with van der Waals surface area (Å²) in [5.41, 5.74) is 0.850. The molecule has 1 heterocycles. The van der Waals surface area contributed by atoms with E-state index in [0.717, 1.165) is 24.4 Å². The molecule has 0 bridgehead atoms. The van der Waals surface area contributed by atoms with Crippen LogP contribution in [-0.4, -0.2) is 20.7 Å². The first-order chi connectivity index (χ1) is 10.2. The summed E-state index contributed by atoms with van der Waals surface area (Å²) in [4.78, 5) is 15.7. The highest BCUT2D eigenvalue weighted by atomic mass is 16.6. The van der Waals surface area contributed by atoms with Crippen molar-refractivity contribution in [2.45, 2.75) is 44.9 Å². The summed E-state index contributed by atoms with van der Waals surface area (Å²) in [5.74, 6) is 0.780. The van der Waals surface area contributed by atoms with Gasteiger partial charge in [-0.25, -0.2) is 0 Å². The lowest BCUT2D eigenvalue weighted by Crippen LogP contribution is -2.08. The van der Waals surface area contributed by atoms with Crippen molar-refractivity contribution in [1.29, 1.82) is 0 Å². The lowest BCUT2D eigenvalue weighted by Gasteiger charge is -2.17. The topological polar surface area (TPSA) is 57.0 Å². The second-order valence-electron chi connectivity index (χ2n) is 5.43. The Balaban J connectivity index is 1.96. The Morgan fingerprint density at radius 3 is 2.57 bits per heavy atom. The van der Waals surface area contributed by atoms with Gasteiger partial charge in [0.15, 0.2) is 5.82 Å². The Kier molecular flexibility index (Phi) is 3.99. The van der Waals surface area contributed by atoms with Crippen LogP contribution in [0.15, 0.2) is 30.3 Å². The summed E-state index contributed by atoms with van der Waals surface area (Å²) >= 11 is 0. The van der Waals surface area contributed by atoms with Crippen LogP contribution in [0, 0.1) is 0 Å². The minimum atomic E-state index is -0.380. The Labute approximate surface area is 124 Å². The summed E-state index contributed by atoms with van der Waals surface area (Å²) in [5, 5.41) is 4.59. The van der Waals surface area contributed by atoms with Crippen LogP contribution in [-0.2, 0) is 4.79 Å². The van der Waals surface area contributed by atoms with Crippen molar-refractivity contribution in [2.75, 3.05) is 0 Å².